The van der Waals surface area contributed by atoms with Gasteiger partial charge >= 0.3 is 0 Å². The van der Waals surface area contributed by atoms with E-state index in [2.05, 4.69) is 10.3 Å². The van der Waals surface area contributed by atoms with Crippen LogP contribution in [0.25, 0.3) is 0 Å². The summed E-state index contributed by atoms with van der Waals surface area (Å²) in [5, 5.41) is 25.7. The highest BCUT2D eigenvalue weighted by Gasteiger charge is 2.13. The summed E-state index contributed by atoms with van der Waals surface area (Å²) in [5.41, 5.74) is 6.84. The van der Waals surface area contributed by atoms with Gasteiger partial charge in [-0.1, -0.05) is 5.21 Å². The molecule has 1 unspecified atom stereocenters. The van der Waals surface area contributed by atoms with Crippen LogP contribution in [-0.4, -0.2) is 45.0 Å². The van der Waals surface area contributed by atoms with Crippen molar-refractivity contribution in [2.45, 2.75) is 25.8 Å². The fraction of sp³-hybridized carbons (Fsp3) is 0.750. The third kappa shape index (κ3) is 2.96. The molecule has 0 spiro atoms. The summed E-state index contributed by atoms with van der Waals surface area (Å²) in [6.45, 7) is 0.470. The molecule has 0 aromatic carbocycles. The van der Waals surface area contributed by atoms with Crippen molar-refractivity contribution in [3.8, 4) is 0 Å². The van der Waals surface area contributed by atoms with Crippen molar-refractivity contribution in [2.24, 2.45) is 5.73 Å². The van der Waals surface area contributed by atoms with Gasteiger partial charge in [-0.15, -0.1) is 5.10 Å². The molecule has 1 atom stereocenters. The Bertz CT molecular complexity index is 302. The smallest absolute Gasteiger partial charge is 0.102 e. The second-order valence-electron chi connectivity index (χ2n) is 3.14. The molecule has 15 heavy (non-hydrogen) atoms. The van der Waals surface area contributed by atoms with Gasteiger partial charge in [0.15, 0.2) is 0 Å². The van der Waals surface area contributed by atoms with Crippen molar-refractivity contribution < 1.29 is 14.9 Å². The Balaban J connectivity index is 2.81. The quantitative estimate of drug-likeness (QED) is 0.520. The summed E-state index contributed by atoms with van der Waals surface area (Å²) in [4.78, 5) is 0. The molecule has 0 aliphatic rings. The summed E-state index contributed by atoms with van der Waals surface area (Å²) in [6, 6.07) is 0. The zero-order valence-electron chi connectivity index (χ0n) is 8.63. The van der Waals surface area contributed by atoms with Crippen LogP contribution < -0.4 is 5.73 Å². The van der Waals surface area contributed by atoms with Gasteiger partial charge in [0.2, 0.25) is 0 Å². The van der Waals surface area contributed by atoms with Gasteiger partial charge in [-0.25, -0.2) is 4.68 Å². The number of nitrogens with two attached hydrogens (primary N) is 1. The number of hydrogen-bond donors (Lipinski definition) is 3. The lowest BCUT2D eigenvalue weighted by Gasteiger charge is -2.09. The van der Waals surface area contributed by atoms with Crippen molar-refractivity contribution >= 4 is 0 Å². The molecule has 86 valence electrons. The van der Waals surface area contributed by atoms with Gasteiger partial charge in [0.05, 0.1) is 31.6 Å². The second kappa shape index (κ2) is 5.76. The number of aliphatic hydroxyl groups excluding tert-OH is 2. The lowest BCUT2D eigenvalue weighted by molar-refractivity contribution is 0.0747. The van der Waals surface area contributed by atoms with Crippen molar-refractivity contribution in [1.82, 2.24) is 15.0 Å². The highest BCUT2D eigenvalue weighted by molar-refractivity contribution is 5.08. The molecule has 1 aromatic rings. The van der Waals surface area contributed by atoms with Crippen LogP contribution in [-0.2, 0) is 24.4 Å². The average molecular weight is 216 g/mol. The van der Waals surface area contributed by atoms with E-state index in [1.165, 1.54) is 4.68 Å². The molecular weight excluding hydrogens is 200 g/mol. The summed E-state index contributed by atoms with van der Waals surface area (Å²) >= 11 is 0. The van der Waals surface area contributed by atoms with E-state index in [4.69, 9.17) is 15.6 Å². The standard InChI is InChI=1S/C8H16N4O3/c1-15-5-8-7(2-9)10-11-12(8)3-6(14)4-13/h6,13-14H,2-5,9H2,1H3. The SMILES string of the molecule is COCc1c(CN)nnn1CC(O)CO. The molecule has 0 saturated carbocycles. The number of rotatable bonds is 6. The number of aromatic nitrogens is 3. The van der Waals surface area contributed by atoms with Crippen molar-refractivity contribution in [3.63, 3.8) is 0 Å². The lowest BCUT2D eigenvalue weighted by atomic mass is 10.3. The maximum atomic E-state index is 9.28. The first kappa shape index (κ1) is 12.1. The Kier molecular flexibility index (Phi) is 4.63. The van der Waals surface area contributed by atoms with Gasteiger partial charge in [0.25, 0.3) is 0 Å². The molecule has 4 N–H and O–H groups in total. The molecule has 0 radical (unpaired) electrons. The Hall–Kier alpha value is -1.02. The molecule has 7 nitrogen and oxygen atoms in total. The van der Waals surface area contributed by atoms with E-state index in [-0.39, 0.29) is 19.7 Å². The van der Waals surface area contributed by atoms with Crippen LogP contribution >= 0.6 is 0 Å². The third-order valence-electron chi connectivity index (χ3n) is 1.99. The molecular formula is C8H16N4O3. The van der Waals surface area contributed by atoms with E-state index in [0.29, 0.717) is 12.3 Å². The van der Waals surface area contributed by atoms with Gasteiger partial charge in [0, 0.05) is 13.7 Å². The fourth-order valence-corrected chi connectivity index (χ4v) is 1.23. The van der Waals surface area contributed by atoms with Crippen molar-refractivity contribution in [1.29, 1.82) is 0 Å². The predicted molar refractivity (Wildman–Crippen MR) is 51.7 cm³/mol. The van der Waals surface area contributed by atoms with Gasteiger partial charge in [-0.3, -0.25) is 0 Å². The van der Waals surface area contributed by atoms with Crippen LogP contribution in [0.3, 0.4) is 0 Å². The van der Waals surface area contributed by atoms with E-state index in [1.807, 2.05) is 0 Å². The first-order valence-electron chi connectivity index (χ1n) is 4.62. The number of hydrogen-bond acceptors (Lipinski definition) is 6. The summed E-state index contributed by atoms with van der Waals surface area (Å²) in [5.74, 6) is 0. The van der Waals surface area contributed by atoms with Gasteiger partial charge in [0.1, 0.15) is 5.69 Å². The largest absolute Gasteiger partial charge is 0.394 e. The Morgan fingerprint density at radius 1 is 1.60 bits per heavy atom. The molecule has 0 saturated heterocycles. The van der Waals surface area contributed by atoms with Gasteiger partial charge in [-0.2, -0.15) is 0 Å². The van der Waals surface area contributed by atoms with E-state index in [1.54, 1.807) is 7.11 Å². The minimum absolute atomic E-state index is 0.183. The molecule has 0 amide bonds. The monoisotopic (exact) mass is 216 g/mol. The molecule has 0 fully saturated rings. The maximum Gasteiger partial charge on any atom is 0.102 e. The molecule has 0 bridgehead atoms. The summed E-state index contributed by atoms with van der Waals surface area (Å²) in [7, 11) is 1.56. The van der Waals surface area contributed by atoms with Crippen LogP contribution in [0, 0.1) is 0 Å². The van der Waals surface area contributed by atoms with Crippen LogP contribution in [0.4, 0.5) is 0 Å². The number of nitrogens with zero attached hydrogens (tertiary/aromatic N) is 3. The number of methoxy groups -OCH3 is 1. The topological polar surface area (TPSA) is 106 Å². The molecule has 0 aliphatic carbocycles. The van der Waals surface area contributed by atoms with Crippen LogP contribution in [0.15, 0.2) is 0 Å². The van der Waals surface area contributed by atoms with E-state index in [9.17, 15) is 5.11 Å². The number of ether oxygens (including phenoxy) is 1. The van der Waals surface area contributed by atoms with Crippen molar-refractivity contribution in [3.05, 3.63) is 11.4 Å². The van der Waals surface area contributed by atoms with Crippen molar-refractivity contribution in [2.75, 3.05) is 13.7 Å². The first-order chi connectivity index (χ1) is 7.22. The summed E-state index contributed by atoms with van der Waals surface area (Å²) < 4.78 is 6.48. The van der Waals surface area contributed by atoms with Crippen LogP contribution in [0.2, 0.25) is 0 Å². The Morgan fingerprint density at radius 3 is 2.87 bits per heavy atom. The maximum absolute atomic E-state index is 9.28. The normalized spacial score (nSPS) is 13.1. The lowest BCUT2D eigenvalue weighted by Crippen LogP contribution is -2.22. The van der Waals surface area contributed by atoms with E-state index >= 15 is 0 Å². The molecule has 7 heteroatoms. The third-order valence-corrected chi connectivity index (χ3v) is 1.99. The summed E-state index contributed by atoms with van der Waals surface area (Å²) in [6.07, 6.45) is -0.854. The molecule has 1 heterocycles. The number of aliphatic hydroxyl groups is 2. The molecule has 1 rings (SSSR count). The van der Waals surface area contributed by atoms with Gasteiger partial charge < -0.3 is 20.7 Å². The second-order valence-corrected chi connectivity index (χ2v) is 3.14. The molecule has 0 aliphatic heterocycles. The van der Waals surface area contributed by atoms with Crippen LogP contribution in [0.5, 0.6) is 0 Å². The van der Waals surface area contributed by atoms with Crippen LogP contribution in [0.1, 0.15) is 11.4 Å². The van der Waals surface area contributed by atoms with E-state index in [0.717, 1.165) is 5.69 Å². The van der Waals surface area contributed by atoms with E-state index < -0.39 is 6.10 Å². The first-order valence-corrected chi connectivity index (χ1v) is 4.62. The Morgan fingerprint density at radius 2 is 2.33 bits per heavy atom. The average Bonchev–Trinajstić information content (AvgIpc) is 2.61. The minimum atomic E-state index is -0.854. The highest BCUT2D eigenvalue weighted by atomic mass is 16.5. The highest BCUT2D eigenvalue weighted by Crippen LogP contribution is 2.07. The minimum Gasteiger partial charge on any atom is -0.394 e. The zero-order chi connectivity index (χ0) is 11.3. The molecule has 1 aromatic heterocycles. The van der Waals surface area contributed by atoms with Gasteiger partial charge in [-0.05, 0) is 0 Å². The Labute approximate surface area is 87.5 Å². The predicted octanol–water partition coefficient (Wildman–Crippen LogP) is -1.76. The fourth-order valence-electron chi connectivity index (χ4n) is 1.23. The zero-order valence-corrected chi connectivity index (χ0v) is 8.63.